The van der Waals surface area contributed by atoms with Crippen LogP contribution in [-0.2, 0) is 0 Å². The van der Waals surface area contributed by atoms with Gasteiger partial charge < -0.3 is 24.5 Å². The molecule has 1 aromatic heterocycles. The molecule has 0 aliphatic carbocycles. The number of carbonyl (C=O) groups excluding carboxylic acids is 1. The molecular weight excluding hydrogens is 324 g/mol. The average Bonchev–Trinajstić information content (AvgIpc) is 3.09. The van der Waals surface area contributed by atoms with E-state index >= 15 is 0 Å². The number of H-pyrrole nitrogens is 1. The standard InChI is InChI=1S/C18H18N2O5/c21-14-9-20(18(23)13-2-1-6-19-17(13)22)7-5-12(14)11-3-4-15-16(8-11)25-10-24-15/h1-4,6,8,12,14,21H,5,7,9-10H2,(H,19,22)/t12-,14+/m0/s1. The number of benzene rings is 1. The van der Waals surface area contributed by atoms with Crippen LogP contribution in [0.5, 0.6) is 11.5 Å². The van der Waals surface area contributed by atoms with Gasteiger partial charge in [0.05, 0.1) is 6.10 Å². The number of ether oxygens (including phenoxy) is 2. The summed E-state index contributed by atoms with van der Waals surface area (Å²) in [6.45, 7) is 0.871. The number of pyridine rings is 1. The molecule has 1 saturated heterocycles. The first-order chi connectivity index (χ1) is 12.1. The summed E-state index contributed by atoms with van der Waals surface area (Å²) in [4.78, 5) is 28.3. The minimum absolute atomic E-state index is 0.0902. The molecule has 1 fully saturated rings. The average molecular weight is 342 g/mol. The van der Waals surface area contributed by atoms with Gasteiger partial charge in [-0.2, -0.15) is 0 Å². The molecule has 0 spiro atoms. The Morgan fingerprint density at radius 2 is 2.08 bits per heavy atom. The third-order valence-corrected chi connectivity index (χ3v) is 4.74. The van der Waals surface area contributed by atoms with Crippen molar-refractivity contribution in [3.8, 4) is 11.5 Å². The van der Waals surface area contributed by atoms with Crippen LogP contribution in [0.3, 0.4) is 0 Å². The Hall–Kier alpha value is -2.80. The number of carbonyl (C=O) groups is 1. The number of aromatic amines is 1. The summed E-state index contributed by atoms with van der Waals surface area (Å²) in [5.74, 6) is 0.936. The molecule has 7 heteroatoms. The van der Waals surface area contributed by atoms with Crippen LogP contribution in [0, 0.1) is 0 Å². The second-order valence-corrected chi connectivity index (χ2v) is 6.24. The lowest BCUT2D eigenvalue weighted by Gasteiger charge is -2.36. The van der Waals surface area contributed by atoms with E-state index in [1.165, 1.54) is 17.2 Å². The molecular formula is C18H18N2O5. The number of β-amino-alcohol motifs (C(OH)–C–C–N with tert-alkyl or cyclic N) is 1. The molecule has 130 valence electrons. The molecule has 0 bridgehead atoms. The number of rotatable bonds is 2. The molecule has 3 heterocycles. The van der Waals surface area contributed by atoms with Crippen molar-refractivity contribution in [2.45, 2.75) is 18.4 Å². The van der Waals surface area contributed by atoms with Gasteiger partial charge >= 0.3 is 0 Å². The van der Waals surface area contributed by atoms with Crippen LogP contribution < -0.4 is 15.0 Å². The Bertz CT molecular complexity index is 863. The van der Waals surface area contributed by atoms with Crippen LogP contribution in [0.1, 0.15) is 28.3 Å². The molecule has 7 nitrogen and oxygen atoms in total. The fourth-order valence-electron chi connectivity index (χ4n) is 3.41. The van der Waals surface area contributed by atoms with Gasteiger partial charge in [0.15, 0.2) is 11.5 Å². The maximum absolute atomic E-state index is 12.5. The van der Waals surface area contributed by atoms with E-state index in [1.807, 2.05) is 18.2 Å². The van der Waals surface area contributed by atoms with Gasteiger partial charge in [0, 0.05) is 25.2 Å². The highest BCUT2D eigenvalue weighted by Gasteiger charge is 2.33. The van der Waals surface area contributed by atoms with E-state index in [4.69, 9.17) is 9.47 Å². The minimum atomic E-state index is -0.708. The van der Waals surface area contributed by atoms with Crippen molar-refractivity contribution in [1.29, 1.82) is 0 Å². The Morgan fingerprint density at radius 3 is 2.88 bits per heavy atom. The maximum atomic E-state index is 12.5. The number of nitrogens with one attached hydrogen (secondary N) is 1. The Labute approximate surface area is 143 Å². The van der Waals surface area contributed by atoms with Crippen molar-refractivity contribution in [2.24, 2.45) is 0 Å². The molecule has 2 atom stereocenters. The van der Waals surface area contributed by atoms with E-state index in [9.17, 15) is 14.7 Å². The molecule has 2 aliphatic rings. The van der Waals surface area contributed by atoms with Crippen LogP contribution in [0.2, 0.25) is 0 Å². The topological polar surface area (TPSA) is 91.9 Å². The summed E-state index contributed by atoms with van der Waals surface area (Å²) in [5.41, 5.74) is 0.637. The summed E-state index contributed by atoms with van der Waals surface area (Å²) >= 11 is 0. The van der Waals surface area contributed by atoms with Crippen molar-refractivity contribution in [3.05, 3.63) is 58.0 Å². The van der Waals surface area contributed by atoms with Gasteiger partial charge in [0.1, 0.15) is 5.56 Å². The van der Waals surface area contributed by atoms with Crippen LogP contribution in [0.15, 0.2) is 41.3 Å². The van der Waals surface area contributed by atoms with E-state index in [-0.39, 0.29) is 30.7 Å². The van der Waals surface area contributed by atoms with Crippen LogP contribution in [-0.4, -0.2) is 46.9 Å². The lowest BCUT2D eigenvalue weighted by Crippen LogP contribution is -2.46. The van der Waals surface area contributed by atoms with Crippen LogP contribution >= 0.6 is 0 Å². The molecule has 1 aromatic carbocycles. The number of amides is 1. The zero-order valence-electron chi connectivity index (χ0n) is 13.5. The summed E-state index contributed by atoms with van der Waals surface area (Å²) in [6, 6.07) is 8.75. The predicted molar refractivity (Wildman–Crippen MR) is 88.9 cm³/mol. The maximum Gasteiger partial charge on any atom is 0.260 e. The van der Waals surface area contributed by atoms with Gasteiger partial charge in [0.25, 0.3) is 11.5 Å². The van der Waals surface area contributed by atoms with E-state index in [0.717, 1.165) is 5.56 Å². The highest BCUT2D eigenvalue weighted by molar-refractivity contribution is 5.93. The number of fused-ring (bicyclic) bond motifs is 1. The number of aliphatic hydroxyl groups excluding tert-OH is 1. The molecule has 25 heavy (non-hydrogen) atoms. The van der Waals surface area contributed by atoms with Gasteiger partial charge in [-0.05, 0) is 36.2 Å². The first-order valence-electron chi connectivity index (χ1n) is 8.18. The second kappa shape index (κ2) is 6.25. The molecule has 4 rings (SSSR count). The van der Waals surface area contributed by atoms with Crippen molar-refractivity contribution >= 4 is 5.91 Å². The van der Waals surface area contributed by atoms with Gasteiger partial charge in [-0.25, -0.2) is 0 Å². The van der Waals surface area contributed by atoms with Crippen molar-refractivity contribution in [3.63, 3.8) is 0 Å². The lowest BCUT2D eigenvalue weighted by molar-refractivity contribution is 0.0380. The van der Waals surface area contributed by atoms with E-state index < -0.39 is 11.7 Å². The monoisotopic (exact) mass is 342 g/mol. The molecule has 2 aliphatic heterocycles. The van der Waals surface area contributed by atoms with Gasteiger partial charge in [0.2, 0.25) is 6.79 Å². The molecule has 2 N–H and O–H groups in total. The highest BCUT2D eigenvalue weighted by atomic mass is 16.7. The number of nitrogens with zero attached hydrogens (tertiary/aromatic N) is 1. The van der Waals surface area contributed by atoms with Gasteiger partial charge in [-0.15, -0.1) is 0 Å². The third-order valence-electron chi connectivity index (χ3n) is 4.74. The number of aliphatic hydroxyl groups is 1. The molecule has 0 saturated carbocycles. The Kier molecular flexibility index (Phi) is 3.93. The zero-order valence-corrected chi connectivity index (χ0v) is 13.5. The molecule has 2 aromatic rings. The highest BCUT2D eigenvalue weighted by Crippen LogP contribution is 2.37. The van der Waals surface area contributed by atoms with Crippen molar-refractivity contribution < 1.29 is 19.4 Å². The first-order valence-corrected chi connectivity index (χ1v) is 8.18. The quantitative estimate of drug-likeness (QED) is 0.852. The number of hydrogen-bond donors (Lipinski definition) is 2. The zero-order chi connectivity index (χ0) is 17.4. The summed E-state index contributed by atoms with van der Waals surface area (Å²) < 4.78 is 10.7. The molecule has 0 unspecified atom stereocenters. The van der Waals surface area contributed by atoms with Crippen molar-refractivity contribution in [2.75, 3.05) is 19.9 Å². The summed E-state index contributed by atoms with van der Waals surface area (Å²) in [7, 11) is 0. The fraction of sp³-hybridized carbons (Fsp3) is 0.333. The van der Waals surface area contributed by atoms with Crippen LogP contribution in [0.4, 0.5) is 0 Å². The molecule has 0 radical (unpaired) electrons. The lowest BCUT2D eigenvalue weighted by atomic mass is 9.86. The summed E-state index contributed by atoms with van der Waals surface area (Å²) in [5, 5.41) is 10.6. The smallest absolute Gasteiger partial charge is 0.260 e. The number of aromatic nitrogens is 1. The normalized spacial score (nSPS) is 22.0. The van der Waals surface area contributed by atoms with E-state index in [0.29, 0.717) is 24.5 Å². The van der Waals surface area contributed by atoms with Gasteiger partial charge in [-0.3, -0.25) is 9.59 Å². The third kappa shape index (κ3) is 2.87. The number of hydrogen-bond acceptors (Lipinski definition) is 5. The number of piperidine rings is 1. The Balaban J connectivity index is 1.50. The Morgan fingerprint density at radius 1 is 1.24 bits per heavy atom. The first kappa shape index (κ1) is 15.7. The van der Waals surface area contributed by atoms with E-state index in [2.05, 4.69) is 4.98 Å². The number of likely N-dealkylation sites (tertiary alicyclic amines) is 1. The van der Waals surface area contributed by atoms with Crippen LogP contribution in [0.25, 0.3) is 0 Å². The molecule has 1 amide bonds. The second-order valence-electron chi connectivity index (χ2n) is 6.24. The van der Waals surface area contributed by atoms with Crippen molar-refractivity contribution in [1.82, 2.24) is 9.88 Å². The SMILES string of the molecule is O=C(c1ccc[nH]c1=O)N1CC[C@@H](c2ccc3c(c2)OCO3)[C@H](O)C1. The fourth-order valence-corrected chi connectivity index (χ4v) is 3.41. The van der Waals surface area contributed by atoms with E-state index in [1.54, 1.807) is 6.07 Å². The largest absolute Gasteiger partial charge is 0.454 e. The summed E-state index contributed by atoms with van der Waals surface area (Å²) in [6.07, 6.45) is 1.39. The minimum Gasteiger partial charge on any atom is -0.454 e. The van der Waals surface area contributed by atoms with Gasteiger partial charge in [-0.1, -0.05) is 6.07 Å². The predicted octanol–water partition coefficient (Wildman–Crippen LogP) is 1.09.